The molecule has 1 heterocycles. The fraction of sp³-hybridized carbons (Fsp3) is 0.667. The molecule has 1 atom stereocenters. The van der Waals surface area contributed by atoms with E-state index < -0.39 is 0 Å². The van der Waals surface area contributed by atoms with E-state index in [0.717, 1.165) is 13.0 Å². The molecule has 12 heavy (non-hydrogen) atoms. The van der Waals surface area contributed by atoms with Crippen molar-refractivity contribution in [1.29, 1.82) is 0 Å². The van der Waals surface area contributed by atoms with Crippen molar-refractivity contribution < 1.29 is 0 Å². The zero-order chi connectivity index (χ0) is 8.97. The molecular formula is C9H17N3. The highest BCUT2D eigenvalue weighted by Crippen LogP contribution is 2.09. The highest BCUT2D eigenvalue weighted by Gasteiger charge is 2.04. The summed E-state index contributed by atoms with van der Waals surface area (Å²) in [5, 5.41) is 7.43. The number of hydrogen-bond donors (Lipinski definition) is 1. The van der Waals surface area contributed by atoms with Crippen LogP contribution in [-0.4, -0.2) is 16.8 Å². The van der Waals surface area contributed by atoms with Crippen LogP contribution in [0.15, 0.2) is 12.4 Å². The van der Waals surface area contributed by atoms with E-state index in [0.29, 0.717) is 6.04 Å². The van der Waals surface area contributed by atoms with E-state index in [-0.39, 0.29) is 0 Å². The first-order valence-corrected chi connectivity index (χ1v) is 4.47. The largest absolute Gasteiger partial charge is 0.313 e. The molecule has 1 aromatic rings. The summed E-state index contributed by atoms with van der Waals surface area (Å²) >= 11 is 0. The van der Waals surface area contributed by atoms with Gasteiger partial charge in [-0.15, -0.1) is 0 Å². The molecule has 1 unspecified atom stereocenters. The molecule has 1 N–H and O–H groups in total. The third kappa shape index (κ3) is 2.08. The van der Waals surface area contributed by atoms with Gasteiger partial charge in [-0.25, -0.2) is 0 Å². The predicted molar refractivity (Wildman–Crippen MR) is 50.0 cm³/mol. The molecule has 0 saturated heterocycles. The van der Waals surface area contributed by atoms with Gasteiger partial charge in [0.1, 0.15) is 0 Å². The normalized spacial score (nSPS) is 13.2. The molecule has 0 saturated carbocycles. The van der Waals surface area contributed by atoms with Gasteiger partial charge in [-0.3, -0.25) is 4.68 Å². The summed E-state index contributed by atoms with van der Waals surface area (Å²) in [7, 11) is 1.96. The molecule has 0 aliphatic heterocycles. The average Bonchev–Trinajstić information content (AvgIpc) is 2.52. The topological polar surface area (TPSA) is 29.9 Å². The summed E-state index contributed by atoms with van der Waals surface area (Å²) in [6, 6.07) is 0.399. The van der Waals surface area contributed by atoms with Gasteiger partial charge in [-0.2, -0.15) is 5.10 Å². The molecule has 3 heteroatoms. The Morgan fingerprint density at radius 2 is 2.42 bits per heavy atom. The second-order valence-corrected chi connectivity index (χ2v) is 3.05. The molecule has 0 aliphatic carbocycles. The third-order valence-corrected chi connectivity index (χ3v) is 2.04. The minimum Gasteiger partial charge on any atom is -0.313 e. The van der Waals surface area contributed by atoms with Crippen molar-refractivity contribution in [3.05, 3.63) is 18.0 Å². The fourth-order valence-electron chi connectivity index (χ4n) is 1.12. The van der Waals surface area contributed by atoms with Crippen molar-refractivity contribution in [3.8, 4) is 0 Å². The zero-order valence-corrected chi connectivity index (χ0v) is 8.04. The van der Waals surface area contributed by atoms with Gasteiger partial charge < -0.3 is 5.32 Å². The van der Waals surface area contributed by atoms with Crippen molar-refractivity contribution in [2.75, 3.05) is 7.05 Å². The van der Waals surface area contributed by atoms with Crippen LogP contribution in [0.5, 0.6) is 0 Å². The van der Waals surface area contributed by atoms with Crippen LogP contribution >= 0.6 is 0 Å². The molecule has 0 bridgehead atoms. The Labute approximate surface area is 73.8 Å². The van der Waals surface area contributed by atoms with Gasteiger partial charge in [0.15, 0.2) is 0 Å². The van der Waals surface area contributed by atoms with Gasteiger partial charge in [-0.1, -0.05) is 6.92 Å². The average molecular weight is 167 g/mol. The van der Waals surface area contributed by atoms with Crippen molar-refractivity contribution in [2.24, 2.45) is 0 Å². The van der Waals surface area contributed by atoms with Gasteiger partial charge in [0, 0.05) is 24.3 Å². The van der Waals surface area contributed by atoms with Crippen LogP contribution < -0.4 is 5.32 Å². The lowest BCUT2D eigenvalue weighted by atomic mass is 10.2. The lowest BCUT2D eigenvalue weighted by molar-refractivity contribution is 0.598. The van der Waals surface area contributed by atoms with Crippen LogP contribution in [0.25, 0.3) is 0 Å². The van der Waals surface area contributed by atoms with Gasteiger partial charge in [0.2, 0.25) is 0 Å². The smallest absolute Gasteiger partial charge is 0.0537 e. The summed E-state index contributed by atoms with van der Waals surface area (Å²) in [5.74, 6) is 0. The number of nitrogens with one attached hydrogen (secondary N) is 1. The van der Waals surface area contributed by atoms with E-state index in [1.165, 1.54) is 5.56 Å². The van der Waals surface area contributed by atoms with Gasteiger partial charge >= 0.3 is 0 Å². The molecule has 1 aromatic heterocycles. The number of aryl methyl sites for hydroxylation is 1. The second-order valence-electron chi connectivity index (χ2n) is 3.05. The van der Waals surface area contributed by atoms with Crippen LogP contribution in [0.3, 0.4) is 0 Å². The molecule has 0 spiro atoms. The van der Waals surface area contributed by atoms with Crippen LogP contribution in [0.4, 0.5) is 0 Å². The van der Waals surface area contributed by atoms with Crippen LogP contribution in [-0.2, 0) is 6.54 Å². The molecule has 0 amide bonds. The summed E-state index contributed by atoms with van der Waals surface area (Å²) in [4.78, 5) is 0. The second kappa shape index (κ2) is 4.26. The van der Waals surface area contributed by atoms with E-state index >= 15 is 0 Å². The Kier molecular flexibility index (Phi) is 3.29. The Hall–Kier alpha value is -0.830. The van der Waals surface area contributed by atoms with Gasteiger partial charge in [-0.05, 0) is 20.4 Å². The molecule has 0 fully saturated rings. The summed E-state index contributed by atoms with van der Waals surface area (Å²) < 4.78 is 1.99. The Morgan fingerprint density at radius 1 is 1.67 bits per heavy atom. The first-order chi connectivity index (χ1) is 5.77. The van der Waals surface area contributed by atoms with Crippen LogP contribution in [0, 0.1) is 0 Å². The minimum absolute atomic E-state index is 0.399. The molecule has 1 rings (SSSR count). The maximum Gasteiger partial charge on any atom is 0.0537 e. The summed E-state index contributed by atoms with van der Waals surface area (Å²) in [6.07, 6.45) is 5.16. The molecule has 68 valence electrons. The fourth-order valence-corrected chi connectivity index (χ4v) is 1.12. The zero-order valence-electron chi connectivity index (χ0n) is 8.04. The molecular weight excluding hydrogens is 150 g/mol. The van der Waals surface area contributed by atoms with Crippen molar-refractivity contribution in [1.82, 2.24) is 15.1 Å². The summed E-state index contributed by atoms with van der Waals surface area (Å²) in [6.45, 7) is 5.30. The first-order valence-electron chi connectivity index (χ1n) is 4.47. The third-order valence-electron chi connectivity index (χ3n) is 2.04. The summed E-state index contributed by atoms with van der Waals surface area (Å²) in [5.41, 5.74) is 1.26. The number of rotatable bonds is 4. The van der Waals surface area contributed by atoms with Crippen molar-refractivity contribution in [2.45, 2.75) is 32.9 Å². The van der Waals surface area contributed by atoms with E-state index in [1.54, 1.807) is 0 Å². The molecule has 0 aliphatic rings. The van der Waals surface area contributed by atoms with E-state index in [4.69, 9.17) is 0 Å². The monoisotopic (exact) mass is 167 g/mol. The quantitative estimate of drug-likeness (QED) is 0.737. The lowest BCUT2D eigenvalue weighted by Gasteiger charge is -2.05. The van der Waals surface area contributed by atoms with E-state index in [1.807, 2.05) is 17.9 Å². The number of aromatic nitrogens is 2. The van der Waals surface area contributed by atoms with Crippen molar-refractivity contribution >= 4 is 0 Å². The molecule has 3 nitrogen and oxygen atoms in total. The highest BCUT2D eigenvalue weighted by molar-refractivity contribution is 5.08. The van der Waals surface area contributed by atoms with Crippen molar-refractivity contribution in [3.63, 3.8) is 0 Å². The van der Waals surface area contributed by atoms with Crippen LogP contribution in [0.2, 0.25) is 0 Å². The Bertz CT molecular complexity index is 229. The Balaban J connectivity index is 2.63. The number of hydrogen-bond acceptors (Lipinski definition) is 2. The van der Waals surface area contributed by atoms with E-state index in [2.05, 4.69) is 30.5 Å². The number of nitrogens with zero attached hydrogens (tertiary/aromatic N) is 2. The minimum atomic E-state index is 0.399. The Morgan fingerprint density at radius 3 is 3.00 bits per heavy atom. The van der Waals surface area contributed by atoms with E-state index in [9.17, 15) is 0 Å². The first kappa shape index (κ1) is 9.26. The highest BCUT2D eigenvalue weighted by atomic mass is 15.3. The SMILES string of the molecule is CCCn1cc(C(C)NC)cn1. The maximum absolute atomic E-state index is 4.25. The standard InChI is InChI=1S/C9H17N3/c1-4-5-12-7-9(6-11-12)8(2)10-3/h6-8,10H,4-5H2,1-3H3. The lowest BCUT2D eigenvalue weighted by Crippen LogP contribution is -2.11. The van der Waals surface area contributed by atoms with Gasteiger partial charge in [0.05, 0.1) is 6.20 Å². The predicted octanol–water partition coefficient (Wildman–Crippen LogP) is 1.57. The molecule has 0 radical (unpaired) electrons. The molecule has 0 aromatic carbocycles. The maximum atomic E-state index is 4.25. The van der Waals surface area contributed by atoms with Gasteiger partial charge in [0.25, 0.3) is 0 Å². The van der Waals surface area contributed by atoms with Crippen LogP contribution in [0.1, 0.15) is 31.9 Å².